The van der Waals surface area contributed by atoms with E-state index in [1.54, 1.807) is 26.0 Å². The van der Waals surface area contributed by atoms with E-state index in [4.69, 9.17) is 9.84 Å². The van der Waals surface area contributed by atoms with Gasteiger partial charge in [-0.25, -0.2) is 4.79 Å². The molecule has 0 bridgehead atoms. The third kappa shape index (κ3) is 4.95. The summed E-state index contributed by atoms with van der Waals surface area (Å²) in [6.07, 6.45) is -0.556. The highest BCUT2D eigenvalue weighted by atomic mass is 16.5. The van der Waals surface area contributed by atoms with E-state index in [1.165, 1.54) is 0 Å². The monoisotopic (exact) mass is 365 g/mol. The SMILES string of the molecule is Cc1cc(C(=O)NCC(O)CC2OC(C(=O)O)CCC2C)cc(C)c1O. The zero-order valence-corrected chi connectivity index (χ0v) is 15.4. The molecule has 1 amide bonds. The second kappa shape index (κ2) is 8.51. The number of aliphatic hydroxyl groups is 1. The number of carbonyl (C=O) groups is 2. The number of aliphatic hydroxyl groups excluding tert-OH is 1. The summed E-state index contributed by atoms with van der Waals surface area (Å²) in [6, 6.07) is 3.18. The molecular weight excluding hydrogens is 338 g/mol. The van der Waals surface area contributed by atoms with E-state index >= 15 is 0 Å². The van der Waals surface area contributed by atoms with Gasteiger partial charge in [0, 0.05) is 18.5 Å². The number of rotatable bonds is 6. The number of aryl methyl sites for hydroxylation is 2. The predicted octanol–water partition coefficient (Wildman–Crippen LogP) is 1.76. The summed E-state index contributed by atoms with van der Waals surface area (Å²) in [4.78, 5) is 23.3. The Morgan fingerprint density at radius 1 is 1.27 bits per heavy atom. The Hall–Kier alpha value is -2.12. The van der Waals surface area contributed by atoms with Gasteiger partial charge in [-0.3, -0.25) is 4.79 Å². The van der Waals surface area contributed by atoms with E-state index in [2.05, 4.69) is 5.32 Å². The van der Waals surface area contributed by atoms with E-state index in [0.29, 0.717) is 23.1 Å². The molecule has 4 N–H and O–H groups in total. The van der Waals surface area contributed by atoms with Crippen molar-refractivity contribution in [2.75, 3.05) is 6.54 Å². The van der Waals surface area contributed by atoms with Crippen molar-refractivity contribution in [3.63, 3.8) is 0 Å². The summed E-state index contributed by atoms with van der Waals surface area (Å²) in [5.74, 6) is -1.00. The lowest BCUT2D eigenvalue weighted by Gasteiger charge is -2.34. The number of hydrogen-bond donors (Lipinski definition) is 4. The van der Waals surface area contributed by atoms with E-state index in [-0.39, 0.29) is 36.6 Å². The Kier molecular flexibility index (Phi) is 6.61. The van der Waals surface area contributed by atoms with Gasteiger partial charge in [-0.1, -0.05) is 6.92 Å². The van der Waals surface area contributed by atoms with Crippen LogP contribution in [-0.4, -0.2) is 52.1 Å². The number of phenols is 1. The van der Waals surface area contributed by atoms with Gasteiger partial charge in [0.1, 0.15) is 5.75 Å². The third-order valence-corrected chi connectivity index (χ3v) is 4.89. The molecule has 1 aliphatic rings. The van der Waals surface area contributed by atoms with Crippen LogP contribution in [0.15, 0.2) is 12.1 Å². The first kappa shape index (κ1) is 20.2. The van der Waals surface area contributed by atoms with Crippen molar-refractivity contribution in [1.29, 1.82) is 0 Å². The van der Waals surface area contributed by atoms with Crippen molar-refractivity contribution in [2.24, 2.45) is 5.92 Å². The van der Waals surface area contributed by atoms with Gasteiger partial charge in [0.15, 0.2) is 6.10 Å². The number of nitrogens with one attached hydrogen (secondary N) is 1. The van der Waals surface area contributed by atoms with E-state index < -0.39 is 18.2 Å². The minimum atomic E-state index is -0.984. The maximum absolute atomic E-state index is 12.2. The van der Waals surface area contributed by atoms with Crippen LogP contribution in [0.4, 0.5) is 0 Å². The van der Waals surface area contributed by atoms with E-state index in [0.717, 1.165) is 6.42 Å². The second-order valence-electron chi connectivity index (χ2n) is 7.11. The number of amides is 1. The predicted molar refractivity (Wildman–Crippen MR) is 95.2 cm³/mol. The molecule has 26 heavy (non-hydrogen) atoms. The van der Waals surface area contributed by atoms with Crippen LogP contribution in [0.25, 0.3) is 0 Å². The van der Waals surface area contributed by atoms with Crippen LogP contribution in [0.3, 0.4) is 0 Å². The standard InChI is InChI=1S/C19H27NO6/c1-10-4-5-15(19(24)25)26-16(10)8-14(21)9-20-18(23)13-6-11(2)17(22)12(3)7-13/h6-7,10,14-16,21-22H,4-5,8-9H2,1-3H3,(H,20,23)(H,24,25). The molecule has 0 aliphatic carbocycles. The first-order valence-corrected chi connectivity index (χ1v) is 8.83. The van der Waals surface area contributed by atoms with Gasteiger partial charge >= 0.3 is 5.97 Å². The largest absolute Gasteiger partial charge is 0.507 e. The molecule has 1 heterocycles. The molecular formula is C19H27NO6. The number of carboxylic acid groups (broad SMARTS) is 1. The molecule has 1 aromatic carbocycles. The van der Waals surface area contributed by atoms with Crippen LogP contribution in [0, 0.1) is 19.8 Å². The topological polar surface area (TPSA) is 116 Å². The average Bonchev–Trinajstić information content (AvgIpc) is 2.58. The number of benzene rings is 1. The molecule has 1 saturated heterocycles. The lowest BCUT2D eigenvalue weighted by Crippen LogP contribution is -2.42. The van der Waals surface area contributed by atoms with Crippen molar-refractivity contribution < 1.29 is 29.6 Å². The lowest BCUT2D eigenvalue weighted by atomic mass is 9.90. The van der Waals surface area contributed by atoms with Crippen molar-refractivity contribution in [1.82, 2.24) is 5.32 Å². The van der Waals surface area contributed by atoms with Crippen LogP contribution in [0.1, 0.15) is 47.7 Å². The van der Waals surface area contributed by atoms with Gasteiger partial charge in [0.05, 0.1) is 12.2 Å². The fourth-order valence-corrected chi connectivity index (χ4v) is 3.23. The van der Waals surface area contributed by atoms with Crippen LogP contribution in [0.2, 0.25) is 0 Å². The average molecular weight is 365 g/mol. The molecule has 1 aromatic rings. The van der Waals surface area contributed by atoms with Gasteiger partial charge in [-0.15, -0.1) is 0 Å². The number of ether oxygens (including phenoxy) is 1. The zero-order valence-electron chi connectivity index (χ0n) is 15.4. The van der Waals surface area contributed by atoms with E-state index in [1.807, 2.05) is 6.92 Å². The zero-order chi connectivity index (χ0) is 19.4. The fourth-order valence-electron chi connectivity index (χ4n) is 3.23. The van der Waals surface area contributed by atoms with Crippen molar-refractivity contribution in [3.05, 3.63) is 28.8 Å². The number of phenolic OH excluding ortho intramolecular Hbond substituents is 1. The molecule has 1 fully saturated rings. The number of aliphatic carboxylic acids is 1. The van der Waals surface area contributed by atoms with Gasteiger partial charge < -0.3 is 25.4 Å². The number of aromatic hydroxyl groups is 1. The maximum Gasteiger partial charge on any atom is 0.332 e. The number of hydrogen-bond acceptors (Lipinski definition) is 5. The summed E-state index contributed by atoms with van der Waals surface area (Å²) in [7, 11) is 0. The molecule has 4 atom stereocenters. The highest BCUT2D eigenvalue weighted by Crippen LogP contribution is 2.28. The summed E-state index contributed by atoms with van der Waals surface area (Å²) in [6.45, 7) is 5.45. The minimum absolute atomic E-state index is 0.0438. The molecule has 7 heteroatoms. The first-order chi connectivity index (χ1) is 12.2. The Balaban J connectivity index is 1.89. The van der Waals surface area contributed by atoms with Gasteiger partial charge in [0.2, 0.25) is 0 Å². The van der Waals surface area contributed by atoms with Crippen LogP contribution >= 0.6 is 0 Å². The summed E-state index contributed by atoms with van der Waals surface area (Å²) in [5.41, 5.74) is 1.64. The van der Waals surface area contributed by atoms with Gasteiger partial charge in [-0.05, 0) is 55.9 Å². The normalized spacial score (nSPS) is 24.1. The van der Waals surface area contributed by atoms with Crippen LogP contribution in [-0.2, 0) is 9.53 Å². The Morgan fingerprint density at radius 3 is 2.46 bits per heavy atom. The van der Waals surface area contributed by atoms with Gasteiger partial charge in [-0.2, -0.15) is 0 Å². The molecule has 0 radical (unpaired) electrons. The summed E-state index contributed by atoms with van der Waals surface area (Å²) < 4.78 is 5.57. The maximum atomic E-state index is 12.2. The van der Waals surface area contributed by atoms with Crippen LogP contribution < -0.4 is 5.32 Å². The third-order valence-electron chi connectivity index (χ3n) is 4.89. The Bertz CT molecular complexity index is 651. The molecule has 1 aliphatic heterocycles. The fraction of sp³-hybridized carbons (Fsp3) is 0.579. The molecule has 0 aromatic heterocycles. The Morgan fingerprint density at radius 2 is 1.88 bits per heavy atom. The molecule has 0 spiro atoms. The number of carboxylic acids is 1. The summed E-state index contributed by atoms with van der Waals surface area (Å²) >= 11 is 0. The number of carbonyl (C=O) groups excluding carboxylic acids is 1. The smallest absolute Gasteiger partial charge is 0.332 e. The molecule has 2 rings (SSSR count). The Labute approximate surface area is 153 Å². The van der Waals surface area contributed by atoms with Crippen molar-refractivity contribution >= 4 is 11.9 Å². The van der Waals surface area contributed by atoms with E-state index in [9.17, 15) is 19.8 Å². The molecule has 7 nitrogen and oxygen atoms in total. The summed E-state index contributed by atoms with van der Waals surface area (Å²) in [5, 5.41) is 31.7. The van der Waals surface area contributed by atoms with Crippen LogP contribution in [0.5, 0.6) is 5.75 Å². The van der Waals surface area contributed by atoms with Gasteiger partial charge in [0.25, 0.3) is 5.91 Å². The lowest BCUT2D eigenvalue weighted by molar-refractivity contribution is -0.165. The minimum Gasteiger partial charge on any atom is -0.507 e. The van der Waals surface area contributed by atoms with Crippen molar-refractivity contribution in [3.8, 4) is 5.75 Å². The highest BCUT2D eigenvalue weighted by Gasteiger charge is 2.33. The first-order valence-electron chi connectivity index (χ1n) is 8.83. The second-order valence-corrected chi connectivity index (χ2v) is 7.11. The quantitative estimate of drug-likeness (QED) is 0.610. The highest BCUT2D eigenvalue weighted by molar-refractivity contribution is 5.94. The molecule has 4 unspecified atom stereocenters. The molecule has 144 valence electrons. The molecule has 0 saturated carbocycles. The van der Waals surface area contributed by atoms with Crippen molar-refractivity contribution in [2.45, 2.75) is 58.3 Å².